The molecule has 0 amide bonds. The van der Waals surface area contributed by atoms with Crippen LogP contribution in [0.15, 0.2) is 12.1 Å². The lowest BCUT2D eigenvalue weighted by Gasteiger charge is -2.15. The van der Waals surface area contributed by atoms with Crippen LogP contribution in [0.2, 0.25) is 0 Å². The lowest BCUT2D eigenvalue weighted by atomic mass is 10.0. The number of carbonyl (C=O) groups is 1. The highest BCUT2D eigenvalue weighted by Crippen LogP contribution is 2.17. The lowest BCUT2D eigenvalue weighted by Crippen LogP contribution is -2.42. The molecule has 0 fully saturated rings. The van der Waals surface area contributed by atoms with Gasteiger partial charge < -0.3 is 9.84 Å². The van der Waals surface area contributed by atoms with E-state index in [0.29, 0.717) is 6.07 Å². The van der Waals surface area contributed by atoms with Crippen molar-refractivity contribution in [2.24, 2.45) is 0 Å². The van der Waals surface area contributed by atoms with Crippen molar-refractivity contribution in [3.05, 3.63) is 45.3 Å². The third kappa shape index (κ3) is 4.15. The molecule has 0 saturated carbocycles. The SMILES string of the molecule is CCOC(=O)C(O)C(Cc1cc(F)c(F)cc1F)[N+](=O)[O-]. The van der Waals surface area contributed by atoms with Crippen molar-refractivity contribution in [3.8, 4) is 0 Å². The van der Waals surface area contributed by atoms with E-state index in [1.807, 2.05) is 0 Å². The van der Waals surface area contributed by atoms with E-state index in [-0.39, 0.29) is 12.7 Å². The van der Waals surface area contributed by atoms with E-state index in [0.717, 1.165) is 0 Å². The van der Waals surface area contributed by atoms with E-state index < -0.39 is 52.5 Å². The average Bonchev–Trinajstić information content (AvgIpc) is 2.40. The number of hydrogen-bond donors (Lipinski definition) is 1. The Balaban J connectivity index is 3.01. The van der Waals surface area contributed by atoms with Gasteiger partial charge in [-0.2, -0.15) is 0 Å². The summed E-state index contributed by atoms with van der Waals surface area (Å²) in [7, 11) is 0. The molecule has 9 heteroatoms. The number of esters is 1. The smallest absolute Gasteiger partial charge is 0.342 e. The molecule has 0 aliphatic carbocycles. The molecule has 0 spiro atoms. The molecule has 1 N–H and O–H groups in total. The highest BCUT2D eigenvalue weighted by atomic mass is 19.2. The van der Waals surface area contributed by atoms with Crippen molar-refractivity contribution < 1.29 is 32.7 Å². The van der Waals surface area contributed by atoms with Crippen LogP contribution in [0.1, 0.15) is 12.5 Å². The average molecular weight is 307 g/mol. The molecule has 2 unspecified atom stereocenters. The van der Waals surface area contributed by atoms with Gasteiger partial charge in [-0.05, 0) is 18.6 Å². The van der Waals surface area contributed by atoms with Gasteiger partial charge in [0.1, 0.15) is 5.82 Å². The second-order valence-electron chi connectivity index (χ2n) is 4.11. The van der Waals surface area contributed by atoms with Gasteiger partial charge in [-0.3, -0.25) is 10.1 Å². The number of aliphatic hydroxyl groups is 1. The summed E-state index contributed by atoms with van der Waals surface area (Å²) < 4.78 is 43.7. The topological polar surface area (TPSA) is 89.7 Å². The summed E-state index contributed by atoms with van der Waals surface area (Å²) in [5.74, 6) is -5.29. The third-order valence-electron chi connectivity index (χ3n) is 2.68. The number of carbonyl (C=O) groups excluding carboxylic acids is 1. The van der Waals surface area contributed by atoms with Gasteiger partial charge in [0.05, 0.1) is 6.61 Å². The fraction of sp³-hybridized carbons (Fsp3) is 0.417. The first-order valence-electron chi connectivity index (χ1n) is 5.89. The Morgan fingerprint density at radius 1 is 1.33 bits per heavy atom. The second kappa shape index (κ2) is 7.02. The molecule has 1 rings (SSSR count). The number of benzene rings is 1. The Bertz CT molecular complexity index is 552. The highest BCUT2D eigenvalue weighted by Gasteiger charge is 2.37. The quantitative estimate of drug-likeness (QED) is 0.369. The molecule has 0 aromatic heterocycles. The molecule has 0 radical (unpaired) electrons. The molecule has 6 nitrogen and oxygen atoms in total. The zero-order valence-electron chi connectivity index (χ0n) is 10.9. The van der Waals surface area contributed by atoms with Crippen LogP contribution in [-0.2, 0) is 16.0 Å². The van der Waals surface area contributed by atoms with Gasteiger partial charge >= 0.3 is 5.97 Å². The predicted molar refractivity (Wildman–Crippen MR) is 63.4 cm³/mol. The number of aliphatic hydroxyl groups excluding tert-OH is 1. The van der Waals surface area contributed by atoms with Gasteiger partial charge in [0, 0.05) is 17.4 Å². The number of hydrogen-bond acceptors (Lipinski definition) is 5. The maximum atomic E-state index is 13.4. The van der Waals surface area contributed by atoms with Crippen LogP contribution >= 0.6 is 0 Å². The molecule has 0 saturated heterocycles. The molecule has 116 valence electrons. The standard InChI is InChI=1S/C12H12F3NO5/c1-2-21-12(18)11(17)10(16(19)20)4-6-3-8(14)9(15)5-7(6)13/h3,5,10-11,17H,2,4H2,1H3. The third-order valence-corrected chi connectivity index (χ3v) is 2.68. The van der Waals surface area contributed by atoms with Gasteiger partial charge in [0.15, 0.2) is 11.6 Å². The van der Waals surface area contributed by atoms with Crippen LogP contribution in [0.4, 0.5) is 13.2 Å². The highest BCUT2D eigenvalue weighted by molar-refractivity contribution is 5.75. The number of halogens is 3. The summed E-state index contributed by atoms with van der Waals surface area (Å²) in [5, 5.41) is 20.4. The molecule has 0 heterocycles. The van der Waals surface area contributed by atoms with Crippen molar-refractivity contribution in [3.63, 3.8) is 0 Å². The Labute approximate surface area is 117 Å². The largest absolute Gasteiger partial charge is 0.464 e. The Kier molecular flexibility index (Phi) is 5.65. The van der Waals surface area contributed by atoms with E-state index in [1.54, 1.807) is 0 Å². The Morgan fingerprint density at radius 3 is 2.43 bits per heavy atom. The number of nitro groups is 1. The molecule has 1 aromatic carbocycles. The van der Waals surface area contributed by atoms with E-state index in [9.17, 15) is 33.2 Å². The zero-order chi connectivity index (χ0) is 16.2. The van der Waals surface area contributed by atoms with Gasteiger partial charge in [-0.1, -0.05) is 0 Å². The first-order chi connectivity index (χ1) is 9.77. The Hall–Kier alpha value is -2.16. The number of ether oxygens (including phenoxy) is 1. The molecular formula is C12H12F3NO5. The van der Waals surface area contributed by atoms with Crippen molar-refractivity contribution >= 4 is 5.97 Å². The molecule has 0 bridgehead atoms. The Morgan fingerprint density at radius 2 is 1.90 bits per heavy atom. The molecule has 21 heavy (non-hydrogen) atoms. The first kappa shape index (κ1) is 16.9. The molecule has 0 aliphatic rings. The van der Waals surface area contributed by atoms with Crippen LogP contribution in [0, 0.1) is 27.6 Å². The van der Waals surface area contributed by atoms with E-state index in [4.69, 9.17) is 0 Å². The van der Waals surface area contributed by atoms with Gasteiger partial charge in [0.25, 0.3) is 6.04 Å². The summed E-state index contributed by atoms with van der Waals surface area (Å²) in [6.45, 7) is 1.32. The van der Waals surface area contributed by atoms with Gasteiger partial charge in [-0.15, -0.1) is 0 Å². The number of rotatable bonds is 6. The molecule has 1 aromatic rings. The monoisotopic (exact) mass is 307 g/mol. The van der Waals surface area contributed by atoms with Crippen molar-refractivity contribution in [1.82, 2.24) is 0 Å². The summed E-state index contributed by atoms with van der Waals surface area (Å²) in [6, 6.07) is -1.26. The molecule has 0 aliphatic heterocycles. The van der Waals surface area contributed by atoms with E-state index in [1.165, 1.54) is 6.92 Å². The van der Waals surface area contributed by atoms with Crippen LogP contribution in [0.3, 0.4) is 0 Å². The zero-order valence-corrected chi connectivity index (χ0v) is 10.9. The van der Waals surface area contributed by atoms with Crippen LogP contribution < -0.4 is 0 Å². The van der Waals surface area contributed by atoms with Gasteiger partial charge in [0.2, 0.25) is 6.10 Å². The first-order valence-corrected chi connectivity index (χ1v) is 5.89. The minimum Gasteiger partial charge on any atom is -0.464 e. The van der Waals surface area contributed by atoms with Crippen LogP contribution in [0.5, 0.6) is 0 Å². The lowest BCUT2D eigenvalue weighted by molar-refractivity contribution is -0.531. The molecule has 2 atom stereocenters. The summed E-state index contributed by atoms with van der Waals surface area (Å²) in [6.07, 6.45) is -2.94. The summed E-state index contributed by atoms with van der Waals surface area (Å²) in [4.78, 5) is 21.1. The van der Waals surface area contributed by atoms with E-state index in [2.05, 4.69) is 4.74 Å². The minimum absolute atomic E-state index is 0.111. The van der Waals surface area contributed by atoms with E-state index >= 15 is 0 Å². The maximum Gasteiger partial charge on any atom is 0.342 e. The van der Waals surface area contributed by atoms with Crippen molar-refractivity contribution in [2.75, 3.05) is 6.61 Å². The summed E-state index contributed by atoms with van der Waals surface area (Å²) >= 11 is 0. The molecular weight excluding hydrogens is 295 g/mol. The predicted octanol–water partition coefficient (Wildman–Crippen LogP) is 1.22. The number of nitrogens with zero attached hydrogens (tertiary/aromatic N) is 1. The normalized spacial score (nSPS) is 13.6. The fourth-order valence-corrected chi connectivity index (χ4v) is 1.63. The van der Waals surface area contributed by atoms with Crippen LogP contribution in [0.25, 0.3) is 0 Å². The second-order valence-corrected chi connectivity index (χ2v) is 4.11. The fourth-order valence-electron chi connectivity index (χ4n) is 1.63. The minimum atomic E-state index is -2.15. The van der Waals surface area contributed by atoms with Crippen molar-refractivity contribution in [2.45, 2.75) is 25.5 Å². The maximum absolute atomic E-state index is 13.4. The van der Waals surface area contributed by atoms with Gasteiger partial charge in [-0.25, -0.2) is 18.0 Å². The van der Waals surface area contributed by atoms with Crippen molar-refractivity contribution in [1.29, 1.82) is 0 Å². The summed E-state index contributed by atoms with van der Waals surface area (Å²) in [5.41, 5.74) is -0.529. The van der Waals surface area contributed by atoms with Crippen LogP contribution in [-0.4, -0.2) is 34.8 Å².